The van der Waals surface area contributed by atoms with Crippen molar-refractivity contribution in [2.24, 2.45) is 0 Å². The first-order valence-electron chi connectivity index (χ1n) is 14.8. The van der Waals surface area contributed by atoms with Crippen molar-refractivity contribution in [1.29, 1.82) is 0 Å². The second-order valence-corrected chi connectivity index (χ2v) is 12.6. The van der Waals surface area contributed by atoms with Gasteiger partial charge in [0.05, 0.1) is 18.8 Å². The monoisotopic (exact) mass is 626 g/mol. The van der Waals surface area contributed by atoms with E-state index in [1.54, 1.807) is 41.8 Å². The highest BCUT2D eigenvalue weighted by atomic mass is 31.2. The van der Waals surface area contributed by atoms with Gasteiger partial charge in [-0.15, -0.1) is 0 Å². The quantitative estimate of drug-likeness (QED) is 0.122. The van der Waals surface area contributed by atoms with E-state index in [4.69, 9.17) is 18.6 Å². The Kier molecular flexibility index (Phi) is 10.4. The van der Waals surface area contributed by atoms with E-state index in [1.165, 1.54) is 12.1 Å². The van der Waals surface area contributed by atoms with Gasteiger partial charge in [-0.3, -0.25) is 18.4 Å². The second kappa shape index (κ2) is 14.6. The molecule has 0 fully saturated rings. The SMILES string of the molecule is Cc1nc(-c2ccccc2OP(=O)(OCc2ccccc2)OCc2ccccc2)n(CCc2cccc(F)c2)c(=O)c1C(C)C. The maximum Gasteiger partial charge on any atom is 0.530 e. The van der Waals surface area contributed by atoms with Crippen molar-refractivity contribution in [2.75, 3.05) is 0 Å². The van der Waals surface area contributed by atoms with E-state index in [0.717, 1.165) is 16.7 Å². The van der Waals surface area contributed by atoms with Gasteiger partial charge in [0.2, 0.25) is 0 Å². The fourth-order valence-electron chi connectivity index (χ4n) is 5.08. The molecule has 0 aliphatic carbocycles. The smallest absolute Gasteiger partial charge is 0.403 e. The lowest BCUT2D eigenvalue weighted by atomic mass is 10.0. The summed E-state index contributed by atoms with van der Waals surface area (Å²) in [4.78, 5) is 18.8. The number of nitrogens with zero attached hydrogens (tertiary/aromatic N) is 2. The molecule has 1 heterocycles. The normalized spacial score (nSPS) is 11.6. The lowest BCUT2D eigenvalue weighted by Crippen LogP contribution is -2.29. The molecule has 0 radical (unpaired) electrons. The van der Waals surface area contributed by atoms with Crippen molar-refractivity contribution >= 4 is 7.82 Å². The van der Waals surface area contributed by atoms with Crippen LogP contribution >= 0.6 is 7.82 Å². The lowest BCUT2D eigenvalue weighted by Gasteiger charge is -2.22. The fourth-order valence-corrected chi connectivity index (χ4v) is 6.28. The van der Waals surface area contributed by atoms with Crippen LogP contribution in [0.1, 0.15) is 47.7 Å². The van der Waals surface area contributed by atoms with Gasteiger partial charge in [-0.25, -0.2) is 13.9 Å². The summed E-state index contributed by atoms with van der Waals surface area (Å²) < 4.78 is 47.6. The van der Waals surface area contributed by atoms with E-state index >= 15 is 0 Å². The highest BCUT2D eigenvalue weighted by molar-refractivity contribution is 7.48. The summed E-state index contributed by atoms with van der Waals surface area (Å²) >= 11 is 0. The summed E-state index contributed by atoms with van der Waals surface area (Å²) in [6.07, 6.45) is 0.398. The van der Waals surface area contributed by atoms with E-state index < -0.39 is 7.82 Å². The van der Waals surface area contributed by atoms with Gasteiger partial charge in [0.25, 0.3) is 5.56 Å². The largest absolute Gasteiger partial charge is 0.530 e. The lowest BCUT2D eigenvalue weighted by molar-refractivity contribution is 0.143. The molecule has 0 saturated carbocycles. The standard InChI is InChI=1S/C36H36FN2O5P/c1-26(2)34-27(3)38-35(39(36(34)40)22-21-28-17-12-18-31(37)23-28)32-19-10-11-20-33(32)44-45(41,42-24-29-13-6-4-7-14-29)43-25-30-15-8-5-9-16-30/h4-20,23,26H,21-22,24-25H2,1-3H3. The number of phosphoric acid groups is 1. The summed E-state index contributed by atoms with van der Waals surface area (Å²) in [6, 6.07) is 31.9. The predicted octanol–water partition coefficient (Wildman–Crippen LogP) is 8.64. The van der Waals surface area contributed by atoms with Crippen molar-refractivity contribution in [3.63, 3.8) is 0 Å². The van der Waals surface area contributed by atoms with Crippen LogP contribution in [0.2, 0.25) is 0 Å². The van der Waals surface area contributed by atoms with Crippen molar-refractivity contribution in [3.05, 3.63) is 153 Å². The van der Waals surface area contributed by atoms with Crippen LogP contribution in [-0.2, 0) is 39.8 Å². The molecule has 0 spiro atoms. The Morgan fingerprint density at radius 2 is 1.38 bits per heavy atom. The van der Waals surface area contributed by atoms with Gasteiger partial charge in [0.1, 0.15) is 17.4 Å². The van der Waals surface area contributed by atoms with Crippen LogP contribution in [0, 0.1) is 12.7 Å². The molecule has 0 aliphatic rings. The van der Waals surface area contributed by atoms with Gasteiger partial charge >= 0.3 is 7.82 Å². The zero-order valence-electron chi connectivity index (χ0n) is 25.6. The van der Waals surface area contributed by atoms with E-state index in [1.807, 2.05) is 80.6 Å². The summed E-state index contributed by atoms with van der Waals surface area (Å²) in [5.74, 6) is 0.117. The van der Waals surface area contributed by atoms with Crippen molar-refractivity contribution in [3.8, 4) is 17.1 Å². The van der Waals surface area contributed by atoms with Gasteiger partial charge in [0, 0.05) is 17.8 Å². The number of phosphoric ester groups is 1. The third kappa shape index (κ3) is 8.22. The molecule has 7 nitrogen and oxygen atoms in total. The van der Waals surface area contributed by atoms with Gasteiger partial charge < -0.3 is 4.52 Å². The Morgan fingerprint density at radius 1 is 0.800 bits per heavy atom. The maximum atomic E-state index is 14.2. The molecule has 9 heteroatoms. The molecule has 0 bridgehead atoms. The number of hydrogen-bond donors (Lipinski definition) is 0. The first kappa shape index (κ1) is 32.0. The Balaban J connectivity index is 1.53. The molecule has 0 unspecified atom stereocenters. The number of halogens is 1. The molecule has 0 saturated heterocycles. The Bertz CT molecular complexity index is 1800. The molecule has 0 atom stereocenters. The summed E-state index contributed by atoms with van der Waals surface area (Å²) in [6.45, 7) is 5.93. The molecule has 232 valence electrons. The fraction of sp³-hybridized carbons (Fsp3) is 0.222. The topological polar surface area (TPSA) is 79.7 Å². The maximum absolute atomic E-state index is 14.2. The third-order valence-electron chi connectivity index (χ3n) is 7.29. The average molecular weight is 627 g/mol. The van der Waals surface area contributed by atoms with Crippen molar-refractivity contribution in [2.45, 2.75) is 52.9 Å². The third-order valence-corrected chi connectivity index (χ3v) is 8.60. The number of hydrogen-bond acceptors (Lipinski definition) is 6. The summed E-state index contributed by atoms with van der Waals surface area (Å²) in [5.41, 5.74) is 3.78. The molecule has 0 aliphatic heterocycles. The van der Waals surface area contributed by atoms with Crippen LogP contribution in [0.4, 0.5) is 4.39 Å². The minimum Gasteiger partial charge on any atom is -0.403 e. The first-order chi connectivity index (χ1) is 21.7. The number of rotatable bonds is 13. The molecular formula is C36H36FN2O5P. The van der Waals surface area contributed by atoms with Gasteiger partial charge in [-0.05, 0) is 60.2 Å². The number of para-hydroxylation sites is 1. The molecule has 5 rings (SSSR count). The van der Waals surface area contributed by atoms with E-state index in [-0.39, 0.29) is 42.8 Å². The molecule has 0 N–H and O–H groups in total. The van der Waals surface area contributed by atoms with Crippen LogP contribution in [0.3, 0.4) is 0 Å². The summed E-state index contributed by atoms with van der Waals surface area (Å²) in [5, 5.41) is 0. The highest BCUT2D eigenvalue weighted by Crippen LogP contribution is 2.52. The molecule has 5 aromatic rings. The van der Waals surface area contributed by atoms with Gasteiger partial charge in [-0.2, -0.15) is 0 Å². The summed E-state index contributed by atoms with van der Waals surface area (Å²) in [7, 11) is -4.21. The van der Waals surface area contributed by atoms with E-state index in [2.05, 4.69) is 0 Å². The zero-order valence-corrected chi connectivity index (χ0v) is 26.5. The Morgan fingerprint density at radius 3 is 1.98 bits per heavy atom. The minimum atomic E-state index is -4.21. The van der Waals surface area contributed by atoms with Gasteiger partial charge in [-0.1, -0.05) is 98.8 Å². The number of benzene rings is 4. The highest BCUT2D eigenvalue weighted by Gasteiger charge is 2.31. The predicted molar refractivity (Wildman–Crippen MR) is 174 cm³/mol. The molecule has 4 aromatic carbocycles. The molecule has 0 amide bonds. The minimum absolute atomic E-state index is 0.00609. The van der Waals surface area contributed by atoms with E-state index in [0.29, 0.717) is 29.1 Å². The van der Waals surface area contributed by atoms with Crippen LogP contribution in [0.25, 0.3) is 11.4 Å². The number of aryl methyl sites for hydroxylation is 2. The first-order valence-corrected chi connectivity index (χ1v) is 16.3. The van der Waals surface area contributed by atoms with Crippen LogP contribution in [0.15, 0.2) is 114 Å². The molecular weight excluding hydrogens is 590 g/mol. The Hall–Kier alpha value is -4.36. The Labute approximate surface area is 262 Å². The van der Waals surface area contributed by atoms with Crippen LogP contribution in [0.5, 0.6) is 5.75 Å². The molecule has 45 heavy (non-hydrogen) atoms. The molecule has 1 aromatic heterocycles. The number of aromatic nitrogens is 2. The van der Waals surface area contributed by atoms with Crippen molar-refractivity contribution in [1.82, 2.24) is 9.55 Å². The van der Waals surface area contributed by atoms with Crippen LogP contribution < -0.4 is 10.1 Å². The average Bonchev–Trinajstić information content (AvgIpc) is 3.03. The van der Waals surface area contributed by atoms with E-state index in [9.17, 15) is 13.8 Å². The second-order valence-electron chi connectivity index (χ2n) is 11.0. The van der Waals surface area contributed by atoms with Gasteiger partial charge in [0.15, 0.2) is 0 Å². The van der Waals surface area contributed by atoms with Crippen molar-refractivity contribution < 1.29 is 22.5 Å². The zero-order chi connectivity index (χ0) is 31.8. The van der Waals surface area contributed by atoms with Crippen LogP contribution in [-0.4, -0.2) is 9.55 Å².